The molecule has 34 heavy (non-hydrogen) atoms. The number of carbonyl (C=O) groups excluding carboxylic acids is 1. The lowest BCUT2D eigenvalue weighted by molar-refractivity contribution is -0.115. The molecule has 0 radical (unpaired) electrons. The molecule has 4 aromatic rings. The van der Waals surface area contributed by atoms with Gasteiger partial charge in [-0.25, -0.2) is 4.98 Å². The van der Waals surface area contributed by atoms with Crippen molar-refractivity contribution in [3.05, 3.63) is 77.6 Å². The summed E-state index contributed by atoms with van der Waals surface area (Å²) in [6.45, 7) is 0.746. The Morgan fingerprint density at radius 3 is 2.47 bits per heavy atom. The van der Waals surface area contributed by atoms with Crippen LogP contribution in [0.3, 0.4) is 0 Å². The number of nitrogens with zero attached hydrogens (tertiary/aromatic N) is 2. The van der Waals surface area contributed by atoms with Crippen LogP contribution in [0.4, 0.5) is 5.69 Å². The van der Waals surface area contributed by atoms with E-state index in [1.807, 2.05) is 30.3 Å². The Morgan fingerprint density at radius 1 is 0.971 bits per heavy atom. The largest absolute Gasteiger partial charge is 0.493 e. The molecule has 1 amide bonds. The van der Waals surface area contributed by atoms with Gasteiger partial charge in [0.05, 0.1) is 38.2 Å². The molecular formula is C25H23ClN4O4. The van der Waals surface area contributed by atoms with Gasteiger partial charge in [-0.15, -0.1) is 0 Å². The summed E-state index contributed by atoms with van der Waals surface area (Å²) in [6, 6.07) is 16.7. The molecule has 0 atom stereocenters. The van der Waals surface area contributed by atoms with Gasteiger partial charge in [-0.1, -0.05) is 41.9 Å². The van der Waals surface area contributed by atoms with Crippen LogP contribution in [-0.2, 0) is 11.3 Å². The van der Waals surface area contributed by atoms with Crippen LogP contribution in [-0.4, -0.2) is 36.6 Å². The van der Waals surface area contributed by atoms with Gasteiger partial charge in [-0.2, -0.15) is 0 Å². The van der Waals surface area contributed by atoms with Crippen molar-refractivity contribution in [2.45, 2.75) is 6.54 Å². The third-order valence-corrected chi connectivity index (χ3v) is 5.23. The Morgan fingerprint density at radius 2 is 1.74 bits per heavy atom. The van der Waals surface area contributed by atoms with E-state index in [4.69, 9.17) is 25.8 Å². The average Bonchev–Trinajstić information content (AvgIpc) is 2.85. The molecule has 0 fully saturated rings. The van der Waals surface area contributed by atoms with Crippen molar-refractivity contribution in [1.29, 1.82) is 0 Å². The summed E-state index contributed by atoms with van der Waals surface area (Å²) < 4.78 is 16.7. The fourth-order valence-corrected chi connectivity index (χ4v) is 3.54. The van der Waals surface area contributed by atoms with E-state index in [-0.39, 0.29) is 23.4 Å². The maximum atomic E-state index is 12.2. The molecule has 2 heterocycles. The van der Waals surface area contributed by atoms with Crippen molar-refractivity contribution in [2.75, 3.05) is 26.1 Å². The van der Waals surface area contributed by atoms with Crippen molar-refractivity contribution >= 4 is 34.1 Å². The van der Waals surface area contributed by atoms with Crippen LogP contribution in [0.2, 0.25) is 5.02 Å². The summed E-state index contributed by atoms with van der Waals surface area (Å²) >= 11 is 6.39. The first-order valence-electron chi connectivity index (χ1n) is 10.5. The summed E-state index contributed by atoms with van der Waals surface area (Å²) in [7, 11) is 3.12. The summed E-state index contributed by atoms with van der Waals surface area (Å²) in [5.41, 5.74) is 2.23. The average molecular weight is 479 g/mol. The maximum Gasteiger partial charge on any atom is 0.238 e. The van der Waals surface area contributed by atoms with E-state index in [9.17, 15) is 4.79 Å². The second-order valence-electron chi connectivity index (χ2n) is 7.28. The van der Waals surface area contributed by atoms with Crippen molar-refractivity contribution in [3.8, 4) is 23.1 Å². The molecular weight excluding hydrogens is 456 g/mol. The van der Waals surface area contributed by atoms with Crippen LogP contribution in [0, 0.1) is 0 Å². The number of fused-ring (bicyclic) bond motifs is 1. The minimum absolute atomic E-state index is 0.152. The minimum Gasteiger partial charge on any atom is -0.493 e. The number of nitrogens with one attached hydrogen (secondary N) is 2. The summed E-state index contributed by atoms with van der Waals surface area (Å²) in [6.07, 6.45) is 3.11. The van der Waals surface area contributed by atoms with Gasteiger partial charge < -0.3 is 24.8 Å². The molecule has 174 valence electrons. The Hall–Kier alpha value is -3.88. The van der Waals surface area contributed by atoms with Crippen LogP contribution in [0.1, 0.15) is 5.56 Å². The second-order valence-corrected chi connectivity index (χ2v) is 7.69. The SMILES string of the molecule is COc1cc2nccc(Oc3ncc(NC(=O)CNCc4ccccc4)cc3Cl)c2cc1OC. The number of carbonyl (C=O) groups is 1. The summed E-state index contributed by atoms with van der Waals surface area (Å²) in [5.74, 6) is 1.61. The topological polar surface area (TPSA) is 94.6 Å². The molecule has 2 aromatic heterocycles. The third-order valence-electron chi connectivity index (χ3n) is 4.96. The van der Waals surface area contributed by atoms with Crippen LogP contribution in [0.15, 0.2) is 67.0 Å². The lowest BCUT2D eigenvalue weighted by Gasteiger charge is -2.13. The number of ether oxygens (including phenoxy) is 3. The van der Waals surface area contributed by atoms with E-state index in [0.717, 1.165) is 5.56 Å². The molecule has 0 saturated heterocycles. The first-order chi connectivity index (χ1) is 16.6. The molecule has 0 bridgehead atoms. The third kappa shape index (κ3) is 5.54. The van der Waals surface area contributed by atoms with E-state index in [1.54, 1.807) is 44.7 Å². The van der Waals surface area contributed by atoms with Crippen LogP contribution in [0.25, 0.3) is 10.9 Å². The number of hydrogen-bond acceptors (Lipinski definition) is 7. The number of halogens is 1. The molecule has 2 aromatic carbocycles. The van der Waals surface area contributed by atoms with E-state index in [1.165, 1.54) is 6.20 Å². The first kappa shape index (κ1) is 23.3. The number of pyridine rings is 2. The molecule has 0 unspecified atom stereocenters. The normalized spacial score (nSPS) is 10.7. The molecule has 0 saturated carbocycles. The quantitative estimate of drug-likeness (QED) is 0.356. The summed E-state index contributed by atoms with van der Waals surface area (Å²) in [5, 5.41) is 6.83. The molecule has 8 nitrogen and oxygen atoms in total. The molecule has 0 spiro atoms. The smallest absolute Gasteiger partial charge is 0.238 e. The number of methoxy groups -OCH3 is 2. The van der Waals surface area contributed by atoms with Crippen molar-refractivity contribution < 1.29 is 19.0 Å². The van der Waals surface area contributed by atoms with Gasteiger partial charge in [0.2, 0.25) is 11.8 Å². The molecule has 9 heteroatoms. The Bertz CT molecular complexity index is 1300. The van der Waals surface area contributed by atoms with Gasteiger partial charge in [-0.3, -0.25) is 9.78 Å². The number of anilines is 1. The standard InChI is InChI=1S/C25H23ClN4O4/c1-32-22-11-18-20(12-23(22)33-2)28-9-8-21(18)34-25-19(26)10-17(14-29-25)30-24(31)15-27-13-16-6-4-3-5-7-16/h3-12,14,27H,13,15H2,1-2H3,(H,30,31). The summed E-state index contributed by atoms with van der Waals surface area (Å²) in [4.78, 5) is 20.9. The predicted molar refractivity (Wildman–Crippen MR) is 131 cm³/mol. The lowest BCUT2D eigenvalue weighted by Crippen LogP contribution is -2.27. The van der Waals surface area contributed by atoms with Gasteiger partial charge >= 0.3 is 0 Å². The maximum absolute atomic E-state index is 12.2. The van der Waals surface area contributed by atoms with Gasteiger partial charge in [-0.05, 0) is 23.8 Å². The fourth-order valence-electron chi connectivity index (χ4n) is 3.33. The van der Waals surface area contributed by atoms with Crippen LogP contribution >= 0.6 is 11.6 Å². The highest BCUT2D eigenvalue weighted by Crippen LogP contribution is 2.38. The first-order valence-corrected chi connectivity index (χ1v) is 10.8. The van der Waals surface area contributed by atoms with Crippen molar-refractivity contribution in [1.82, 2.24) is 15.3 Å². The van der Waals surface area contributed by atoms with E-state index < -0.39 is 0 Å². The molecule has 0 aliphatic rings. The van der Waals surface area contributed by atoms with Gasteiger partial charge in [0.15, 0.2) is 11.5 Å². The highest BCUT2D eigenvalue weighted by atomic mass is 35.5. The minimum atomic E-state index is -0.205. The zero-order valence-corrected chi connectivity index (χ0v) is 19.4. The van der Waals surface area contributed by atoms with Gasteiger partial charge in [0.1, 0.15) is 10.8 Å². The zero-order valence-electron chi connectivity index (χ0n) is 18.7. The monoisotopic (exact) mass is 478 g/mol. The van der Waals surface area contributed by atoms with Crippen molar-refractivity contribution in [3.63, 3.8) is 0 Å². The number of aromatic nitrogens is 2. The number of benzene rings is 2. The van der Waals surface area contributed by atoms with Crippen LogP contribution in [0.5, 0.6) is 23.1 Å². The highest BCUT2D eigenvalue weighted by Gasteiger charge is 2.14. The Kier molecular flexibility index (Phi) is 7.41. The van der Waals surface area contributed by atoms with Gasteiger partial charge in [0.25, 0.3) is 0 Å². The predicted octanol–water partition coefficient (Wildman–Crippen LogP) is 4.82. The van der Waals surface area contributed by atoms with Gasteiger partial charge in [0, 0.05) is 24.2 Å². The molecule has 2 N–H and O–H groups in total. The fraction of sp³-hybridized carbons (Fsp3) is 0.160. The number of rotatable bonds is 9. The van der Waals surface area contributed by atoms with E-state index >= 15 is 0 Å². The zero-order chi connectivity index (χ0) is 23.9. The number of hydrogen-bond donors (Lipinski definition) is 2. The van der Waals surface area contributed by atoms with E-state index in [2.05, 4.69) is 20.6 Å². The molecule has 4 rings (SSSR count). The van der Waals surface area contributed by atoms with E-state index in [0.29, 0.717) is 40.4 Å². The Labute approximate surface area is 201 Å². The lowest BCUT2D eigenvalue weighted by atomic mass is 10.2. The number of amides is 1. The second kappa shape index (κ2) is 10.8. The molecule has 0 aliphatic carbocycles. The van der Waals surface area contributed by atoms with Crippen LogP contribution < -0.4 is 24.8 Å². The molecule has 0 aliphatic heterocycles. The Balaban J connectivity index is 1.43. The van der Waals surface area contributed by atoms with Crippen molar-refractivity contribution in [2.24, 2.45) is 0 Å². The highest BCUT2D eigenvalue weighted by molar-refractivity contribution is 6.32.